The van der Waals surface area contributed by atoms with Crippen molar-refractivity contribution in [3.05, 3.63) is 29.8 Å². The molecule has 2 atom stereocenters. The highest BCUT2D eigenvalue weighted by molar-refractivity contribution is 5.95. The molecule has 3 fully saturated rings. The Kier molecular flexibility index (Phi) is 7.23. The SMILES string of the molecule is COC(=O)CC[C@@]1(c2ccc(N3CC4CN(C(=O)OC(C)(C)C)CCN4C3=O)cc2)CNCCO1. The van der Waals surface area contributed by atoms with E-state index in [9.17, 15) is 14.4 Å². The Balaban J connectivity index is 1.45. The minimum atomic E-state index is -0.620. The van der Waals surface area contributed by atoms with Crippen molar-refractivity contribution in [3.63, 3.8) is 0 Å². The van der Waals surface area contributed by atoms with Gasteiger partial charge in [0.2, 0.25) is 0 Å². The van der Waals surface area contributed by atoms with Gasteiger partial charge in [-0.25, -0.2) is 9.59 Å². The summed E-state index contributed by atoms with van der Waals surface area (Å²) in [5, 5.41) is 3.36. The first kappa shape index (κ1) is 25.2. The number of hydrogen-bond donors (Lipinski definition) is 1. The molecule has 35 heavy (non-hydrogen) atoms. The summed E-state index contributed by atoms with van der Waals surface area (Å²) < 4.78 is 16.5. The number of nitrogens with zero attached hydrogens (tertiary/aromatic N) is 3. The standard InChI is InChI=1S/C25H36N4O6/c1-24(2,3)35-23(32)27-12-13-28-20(15-27)16-29(22(28)31)19-7-5-18(6-8-19)25(10-9-21(30)33-4)17-26-11-14-34-25/h5-8,20,26H,9-17H2,1-4H3/t20?,25-/m0/s1. The summed E-state index contributed by atoms with van der Waals surface area (Å²) in [5.74, 6) is -0.269. The average molecular weight is 489 g/mol. The van der Waals surface area contributed by atoms with Crippen LogP contribution in [0.3, 0.4) is 0 Å². The summed E-state index contributed by atoms with van der Waals surface area (Å²) in [6, 6.07) is 7.65. The average Bonchev–Trinajstić information content (AvgIpc) is 3.18. The molecule has 10 heteroatoms. The molecule has 3 heterocycles. The molecule has 3 saturated heterocycles. The molecule has 1 aromatic rings. The van der Waals surface area contributed by atoms with Gasteiger partial charge in [-0.3, -0.25) is 9.69 Å². The fraction of sp³-hybridized carbons (Fsp3) is 0.640. The molecule has 0 bridgehead atoms. The summed E-state index contributed by atoms with van der Waals surface area (Å²) in [7, 11) is 1.39. The number of carbonyl (C=O) groups excluding carboxylic acids is 3. The van der Waals surface area contributed by atoms with Crippen molar-refractivity contribution in [1.82, 2.24) is 15.1 Å². The highest BCUT2D eigenvalue weighted by Gasteiger charge is 2.43. The van der Waals surface area contributed by atoms with Gasteiger partial charge in [0.15, 0.2) is 0 Å². The third-order valence-corrected chi connectivity index (χ3v) is 6.74. The van der Waals surface area contributed by atoms with Crippen molar-refractivity contribution in [2.24, 2.45) is 0 Å². The fourth-order valence-corrected chi connectivity index (χ4v) is 4.92. The lowest BCUT2D eigenvalue weighted by Gasteiger charge is -2.38. The van der Waals surface area contributed by atoms with Crippen molar-refractivity contribution in [2.45, 2.75) is 50.9 Å². The topological polar surface area (TPSA) is 101 Å². The van der Waals surface area contributed by atoms with Gasteiger partial charge in [0.1, 0.15) is 11.2 Å². The lowest BCUT2D eigenvalue weighted by Crippen LogP contribution is -2.54. The van der Waals surface area contributed by atoms with Crippen molar-refractivity contribution < 1.29 is 28.6 Å². The quantitative estimate of drug-likeness (QED) is 0.635. The Morgan fingerprint density at radius 3 is 2.54 bits per heavy atom. The zero-order valence-electron chi connectivity index (χ0n) is 21.0. The predicted molar refractivity (Wildman–Crippen MR) is 129 cm³/mol. The predicted octanol–water partition coefficient (Wildman–Crippen LogP) is 2.32. The Hall–Kier alpha value is -2.85. The Bertz CT molecular complexity index is 938. The third-order valence-electron chi connectivity index (χ3n) is 6.74. The number of anilines is 1. The number of hydrogen-bond acceptors (Lipinski definition) is 7. The lowest BCUT2D eigenvalue weighted by molar-refractivity contribution is -0.144. The Morgan fingerprint density at radius 2 is 1.91 bits per heavy atom. The van der Waals surface area contributed by atoms with Gasteiger partial charge in [-0.1, -0.05) is 12.1 Å². The van der Waals surface area contributed by atoms with Crippen molar-refractivity contribution >= 4 is 23.8 Å². The molecule has 4 rings (SSSR count). The molecule has 3 aliphatic rings. The first-order chi connectivity index (χ1) is 16.6. The molecule has 0 aliphatic carbocycles. The number of amides is 3. The second-order valence-corrected chi connectivity index (χ2v) is 10.3. The number of fused-ring (bicyclic) bond motifs is 1. The van der Waals surface area contributed by atoms with E-state index in [1.807, 2.05) is 49.9 Å². The van der Waals surface area contributed by atoms with Crippen LogP contribution in [0.2, 0.25) is 0 Å². The number of ether oxygens (including phenoxy) is 3. The molecule has 192 valence electrons. The van der Waals surface area contributed by atoms with E-state index >= 15 is 0 Å². The summed E-state index contributed by atoms with van der Waals surface area (Å²) in [5.41, 5.74) is 0.576. The Labute approximate surface area is 206 Å². The number of urea groups is 1. The zero-order chi connectivity index (χ0) is 25.2. The number of morpholine rings is 1. The van der Waals surface area contributed by atoms with E-state index in [-0.39, 0.29) is 30.6 Å². The lowest BCUT2D eigenvalue weighted by atomic mass is 9.87. The number of piperazine rings is 1. The molecule has 0 saturated carbocycles. The van der Waals surface area contributed by atoms with Gasteiger partial charge in [-0.15, -0.1) is 0 Å². The van der Waals surface area contributed by atoms with Crippen LogP contribution in [0.25, 0.3) is 0 Å². The summed E-state index contributed by atoms with van der Waals surface area (Å²) in [4.78, 5) is 42.7. The molecule has 3 aliphatic heterocycles. The summed E-state index contributed by atoms with van der Waals surface area (Å²) in [6.07, 6.45) is 0.422. The number of methoxy groups -OCH3 is 1. The van der Waals surface area contributed by atoms with Crippen molar-refractivity contribution in [2.75, 3.05) is 57.9 Å². The monoisotopic (exact) mass is 488 g/mol. The molecular formula is C25H36N4O6. The van der Waals surface area contributed by atoms with Crippen LogP contribution in [0.1, 0.15) is 39.2 Å². The maximum Gasteiger partial charge on any atom is 0.410 e. The van der Waals surface area contributed by atoms with Crippen LogP contribution < -0.4 is 10.2 Å². The normalized spacial score (nSPS) is 24.9. The maximum absolute atomic E-state index is 13.1. The van der Waals surface area contributed by atoms with E-state index in [2.05, 4.69) is 5.32 Å². The molecule has 1 N–H and O–H groups in total. The number of rotatable bonds is 5. The van der Waals surface area contributed by atoms with Gasteiger partial charge in [0, 0.05) is 51.4 Å². The van der Waals surface area contributed by atoms with E-state index in [0.717, 1.165) is 17.8 Å². The maximum atomic E-state index is 13.1. The molecule has 10 nitrogen and oxygen atoms in total. The van der Waals surface area contributed by atoms with Crippen molar-refractivity contribution in [1.29, 1.82) is 0 Å². The minimum Gasteiger partial charge on any atom is -0.469 e. The van der Waals surface area contributed by atoms with E-state index in [1.165, 1.54) is 7.11 Å². The third kappa shape index (κ3) is 5.54. The van der Waals surface area contributed by atoms with Gasteiger partial charge in [-0.2, -0.15) is 0 Å². The van der Waals surface area contributed by atoms with Gasteiger partial charge >= 0.3 is 18.1 Å². The van der Waals surface area contributed by atoms with Crippen LogP contribution in [0, 0.1) is 0 Å². The van der Waals surface area contributed by atoms with E-state index in [1.54, 1.807) is 9.80 Å². The molecule has 1 unspecified atom stereocenters. The summed E-state index contributed by atoms with van der Waals surface area (Å²) >= 11 is 0. The molecule has 3 amide bonds. The number of esters is 1. The zero-order valence-corrected chi connectivity index (χ0v) is 21.0. The van der Waals surface area contributed by atoms with Gasteiger partial charge in [-0.05, 0) is 44.9 Å². The largest absolute Gasteiger partial charge is 0.469 e. The van der Waals surface area contributed by atoms with Crippen LogP contribution in [0.4, 0.5) is 15.3 Å². The van der Waals surface area contributed by atoms with Crippen LogP contribution in [-0.4, -0.2) is 92.5 Å². The van der Waals surface area contributed by atoms with E-state index < -0.39 is 11.2 Å². The molecular weight excluding hydrogens is 452 g/mol. The van der Waals surface area contributed by atoms with Crippen LogP contribution >= 0.6 is 0 Å². The fourth-order valence-electron chi connectivity index (χ4n) is 4.92. The molecule has 0 radical (unpaired) electrons. The highest BCUT2D eigenvalue weighted by atomic mass is 16.6. The number of carbonyl (C=O) groups is 3. The second kappa shape index (κ2) is 10.0. The first-order valence-corrected chi connectivity index (χ1v) is 12.2. The number of nitrogens with one attached hydrogen (secondary N) is 1. The van der Waals surface area contributed by atoms with E-state index in [0.29, 0.717) is 45.8 Å². The van der Waals surface area contributed by atoms with Crippen molar-refractivity contribution in [3.8, 4) is 0 Å². The second-order valence-electron chi connectivity index (χ2n) is 10.3. The van der Waals surface area contributed by atoms with E-state index in [4.69, 9.17) is 14.2 Å². The van der Waals surface area contributed by atoms with Crippen LogP contribution in [-0.2, 0) is 24.6 Å². The molecule has 0 aromatic heterocycles. The molecule has 0 spiro atoms. The molecule has 1 aromatic carbocycles. The smallest absolute Gasteiger partial charge is 0.410 e. The van der Waals surface area contributed by atoms with Gasteiger partial charge in [0.05, 0.1) is 19.8 Å². The Morgan fingerprint density at radius 1 is 1.17 bits per heavy atom. The minimum absolute atomic E-state index is 0.0532. The van der Waals surface area contributed by atoms with Crippen LogP contribution in [0.15, 0.2) is 24.3 Å². The van der Waals surface area contributed by atoms with Crippen LogP contribution in [0.5, 0.6) is 0 Å². The van der Waals surface area contributed by atoms with Gasteiger partial charge < -0.3 is 29.3 Å². The number of benzene rings is 1. The first-order valence-electron chi connectivity index (χ1n) is 12.2. The van der Waals surface area contributed by atoms with Gasteiger partial charge in [0.25, 0.3) is 0 Å². The highest BCUT2D eigenvalue weighted by Crippen LogP contribution is 2.35. The summed E-state index contributed by atoms with van der Waals surface area (Å²) in [6.45, 7) is 9.34.